The number of amides is 3. The number of nitrogens with zero attached hydrogens (tertiary/aromatic N) is 2. The Kier molecular flexibility index (Phi) is 8.61. The molecule has 1 N–H and O–H groups in total. The highest BCUT2D eigenvalue weighted by Crippen LogP contribution is 2.32. The summed E-state index contributed by atoms with van der Waals surface area (Å²) in [5.41, 5.74) is 0.523. The summed E-state index contributed by atoms with van der Waals surface area (Å²) in [5.74, 6) is -1.99. The van der Waals surface area contributed by atoms with Gasteiger partial charge in [-0.2, -0.15) is 0 Å². The molecule has 1 aliphatic rings. The van der Waals surface area contributed by atoms with Gasteiger partial charge in [0.1, 0.15) is 6.54 Å². The SMILES string of the molecule is CCCCOC(=O)c1cc(NC(=O)CN2C(=O)S/C(=C/c3cccc([N+](=O)[O-])c3)C2=O)ccc1Cl. The lowest BCUT2D eigenvalue weighted by Crippen LogP contribution is -2.36. The van der Waals surface area contributed by atoms with Gasteiger partial charge in [0, 0.05) is 17.8 Å². The van der Waals surface area contributed by atoms with Crippen LogP contribution < -0.4 is 5.32 Å². The van der Waals surface area contributed by atoms with Crippen molar-refractivity contribution < 1.29 is 28.8 Å². The Balaban J connectivity index is 1.67. The van der Waals surface area contributed by atoms with E-state index in [4.69, 9.17) is 16.3 Å². The highest BCUT2D eigenvalue weighted by Gasteiger charge is 2.36. The zero-order valence-electron chi connectivity index (χ0n) is 18.5. The average molecular weight is 518 g/mol. The Morgan fingerprint density at radius 1 is 1.23 bits per heavy atom. The Hall–Kier alpha value is -3.70. The number of nitrogens with one attached hydrogen (secondary N) is 1. The molecule has 12 heteroatoms. The number of carbonyl (C=O) groups is 4. The predicted octanol–water partition coefficient (Wildman–Crippen LogP) is 4.88. The van der Waals surface area contributed by atoms with Gasteiger partial charge in [-0.3, -0.25) is 29.4 Å². The van der Waals surface area contributed by atoms with Gasteiger partial charge >= 0.3 is 5.97 Å². The van der Waals surface area contributed by atoms with Gasteiger partial charge in [-0.15, -0.1) is 0 Å². The summed E-state index contributed by atoms with van der Waals surface area (Å²) < 4.78 is 5.15. The van der Waals surface area contributed by atoms with Crippen LogP contribution in [0.1, 0.15) is 35.7 Å². The first-order chi connectivity index (χ1) is 16.7. The number of hydrogen-bond acceptors (Lipinski definition) is 8. The Bertz CT molecular complexity index is 1230. The minimum atomic E-state index is -0.696. The highest BCUT2D eigenvalue weighted by atomic mass is 35.5. The molecule has 2 aromatic carbocycles. The molecule has 0 radical (unpaired) electrons. The van der Waals surface area contributed by atoms with Crippen LogP contribution in [0.5, 0.6) is 0 Å². The lowest BCUT2D eigenvalue weighted by atomic mass is 10.2. The van der Waals surface area contributed by atoms with Crippen molar-refractivity contribution >= 4 is 63.8 Å². The molecule has 3 amide bonds. The van der Waals surface area contributed by atoms with Crippen molar-refractivity contribution in [1.82, 2.24) is 4.90 Å². The van der Waals surface area contributed by atoms with Crippen LogP contribution in [0.15, 0.2) is 47.4 Å². The van der Waals surface area contributed by atoms with E-state index in [9.17, 15) is 29.3 Å². The number of rotatable bonds is 9. The maximum Gasteiger partial charge on any atom is 0.339 e. The summed E-state index contributed by atoms with van der Waals surface area (Å²) in [6.45, 7) is 1.64. The first kappa shape index (κ1) is 25.9. The van der Waals surface area contributed by atoms with Gasteiger partial charge in [-0.05, 0) is 48.0 Å². The van der Waals surface area contributed by atoms with E-state index in [2.05, 4.69) is 5.32 Å². The van der Waals surface area contributed by atoms with Crippen LogP contribution in [0.25, 0.3) is 6.08 Å². The number of thioether (sulfide) groups is 1. The number of imide groups is 1. The molecule has 1 aliphatic heterocycles. The van der Waals surface area contributed by atoms with Gasteiger partial charge in [0.25, 0.3) is 16.8 Å². The molecule has 0 unspecified atom stereocenters. The molecule has 0 aromatic heterocycles. The lowest BCUT2D eigenvalue weighted by molar-refractivity contribution is -0.384. The third-order valence-corrected chi connectivity index (χ3v) is 5.99. The number of esters is 1. The fourth-order valence-corrected chi connectivity index (χ4v) is 4.04. The predicted molar refractivity (Wildman–Crippen MR) is 131 cm³/mol. The lowest BCUT2D eigenvalue weighted by Gasteiger charge is -2.13. The first-order valence-electron chi connectivity index (χ1n) is 10.5. The normalized spacial score (nSPS) is 14.3. The van der Waals surface area contributed by atoms with E-state index in [0.717, 1.165) is 11.3 Å². The van der Waals surface area contributed by atoms with Crippen molar-refractivity contribution in [1.29, 1.82) is 0 Å². The Morgan fingerprint density at radius 2 is 2.00 bits per heavy atom. The summed E-state index contributed by atoms with van der Waals surface area (Å²) in [4.78, 5) is 60.9. The molecule has 0 spiro atoms. The minimum absolute atomic E-state index is 0.0342. The molecule has 0 bridgehead atoms. The molecular weight excluding hydrogens is 498 g/mol. The van der Waals surface area contributed by atoms with Crippen molar-refractivity contribution in [3.05, 3.63) is 73.6 Å². The molecule has 1 fully saturated rings. The summed E-state index contributed by atoms with van der Waals surface area (Å²) in [7, 11) is 0. The number of non-ortho nitro benzene ring substituents is 1. The summed E-state index contributed by atoms with van der Waals surface area (Å²) in [6.07, 6.45) is 2.91. The second-order valence-electron chi connectivity index (χ2n) is 7.35. The second-order valence-corrected chi connectivity index (χ2v) is 8.75. The number of anilines is 1. The Labute approximate surface area is 209 Å². The van der Waals surface area contributed by atoms with Crippen molar-refractivity contribution in [2.24, 2.45) is 0 Å². The van der Waals surface area contributed by atoms with Gasteiger partial charge < -0.3 is 10.1 Å². The highest BCUT2D eigenvalue weighted by molar-refractivity contribution is 8.18. The molecule has 10 nitrogen and oxygen atoms in total. The van der Waals surface area contributed by atoms with E-state index < -0.39 is 34.5 Å². The van der Waals surface area contributed by atoms with Gasteiger partial charge in [0.05, 0.1) is 27.0 Å². The van der Waals surface area contributed by atoms with Crippen molar-refractivity contribution in [3.63, 3.8) is 0 Å². The summed E-state index contributed by atoms with van der Waals surface area (Å²) >= 11 is 6.70. The van der Waals surface area contributed by atoms with Crippen LogP contribution in [0, 0.1) is 10.1 Å². The zero-order chi connectivity index (χ0) is 25.5. The molecular formula is C23H20ClN3O7S. The number of carbonyl (C=O) groups excluding carboxylic acids is 4. The second kappa shape index (κ2) is 11.6. The molecule has 0 atom stereocenters. The quantitative estimate of drug-likeness (QED) is 0.163. The fourth-order valence-electron chi connectivity index (χ4n) is 3.01. The molecule has 1 heterocycles. The zero-order valence-corrected chi connectivity index (χ0v) is 20.1. The average Bonchev–Trinajstić information content (AvgIpc) is 3.07. The van der Waals surface area contributed by atoms with Crippen molar-refractivity contribution in [2.45, 2.75) is 19.8 Å². The Morgan fingerprint density at radius 3 is 2.71 bits per heavy atom. The number of halogens is 1. The van der Waals surface area contributed by atoms with Gasteiger partial charge in [-0.25, -0.2) is 4.79 Å². The van der Waals surface area contributed by atoms with E-state index in [1.165, 1.54) is 42.5 Å². The molecule has 3 rings (SSSR count). The van der Waals surface area contributed by atoms with Crippen LogP contribution in [0.4, 0.5) is 16.2 Å². The van der Waals surface area contributed by atoms with E-state index in [-0.39, 0.29) is 33.5 Å². The first-order valence-corrected chi connectivity index (χ1v) is 11.7. The molecule has 182 valence electrons. The number of unbranched alkanes of at least 4 members (excludes halogenated alkanes) is 1. The standard InChI is InChI=1S/C23H20ClN3O7S/c1-2-3-9-34-22(30)17-12-15(7-8-18(17)24)25-20(28)13-26-21(29)19(35-23(26)31)11-14-5-4-6-16(10-14)27(32)33/h4-8,10-12H,2-3,9,13H2,1H3,(H,25,28)/b19-11+. The number of nitro groups is 1. The van der Waals surface area contributed by atoms with Crippen molar-refractivity contribution in [2.75, 3.05) is 18.5 Å². The van der Waals surface area contributed by atoms with Crippen LogP contribution in [-0.4, -0.2) is 46.0 Å². The molecule has 1 saturated heterocycles. The van der Waals surface area contributed by atoms with Crippen LogP contribution in [-0.2, 0) is 14.3 Å². The fraction of sp³-hybridized carbons (Fsp3) is 0.217. The molecule has 0 saturated carbocycles. The minimum Gasteiger partial charge on any atom is -0.462 e. The van der Waals surface area contributed by atoms with E-state index in [1.54, 1.807) is 6.07 Å². The maximum absolute atomic E-state index is 12.7. The topological polar surface area (TPSA) is 136 Å². The van der Waals surface area contributed by atoms with Gasteiger partial charge in [0.2, 0.25) is 5.91 Å². The van der Waals surface area contributed by atoms with E-state index in [1.807, 2.05) is 6.92 Å². The number of benzene rings is 2. The summed E-state index contributed by atoms with van der Waals surface area (Å²) in [5, 5.41) is 13.0. The van der Waals surface area contributed by atoms with Crippen molar-refractivity contribution in [3.8, 4) is 0 Å². The van der Waals surface area contributed by atoms with Gasteiger partial charge in [-0.1, -0.05) is 37.1 Å². The van der Waals surface area contributed by atoms with E-state index >= 15 is 0 Å². The van der Waals surface area contributed by atoms with Crippen LogP contribution in [0.2, 0.25) is 5.02 Å². The van der Waals surface area contributed by atoms with E-state index in [0.29, 0.717) is 23.7 Å². The third kappa shape index (κ3) is 6.67. The van der Waals surface area contributed by atoms with Crippen LogP contribution in [0.3, 0.4) is 0 Å². The molecule has 35 heavy (non-hydrogen) atoms. The largest absolute Gasteiger partial charge is 0.462 e. The molecule has 0 aliphatic carbocycles. The van der Waals surface area contributed by atoms with Crippen LogP contribution >= 0.6 is 23.4 Å². The van der Waals surface area contributed by atoms with Gasteiger partial charge in [0.15, 0.2) is 0 Å². The smallest absolute Gasteiger partial charge is 0.339 e. The monoisotopic (exact) mass is 517 g/mol. The number of hydrogen-bond donors (Lipinski definition) is 1. The number of nitro benzene ring substituents is 1. The number of ether oxygens (including phenoxy) is 1. The molecule has 2 aromatic rings. The summed E-state index contributed by atoms with van der Waals surface area (Å²) in [6, 6.07) is 9.84. The maximum atomic E-state index is 12.7. The third-order valence-electron chi connectivity index (χ3n) is 4.76.